The topological polar surface area (TPSA) is 70.8 Å². The normalized spacial score (nSPS) is 16.0. The quantitative estimate of drug-likeness (QED) is 0.624. The Labute approximate surface area is 154 Å². The minimum absolute atomic E-state index is 0.109. The largest absolute Gasteiger partial charge is 0.478 e. The Balaban J connectivity index is 1.85. The van der Waals surface area contributed by atoms with Gasteiger partial charge < -0.3 is 9.52 Å². The van der Waals surface area contributed by atoms with E-state index in [0.717, 1.165) is 6.42 Å². The fraction of sp³-hybridized carbons (Fsp3) is 0.167. The number of carbonyl (C=O) groups excluding carboxylic acids is 1. The zero-order valence-corrected chi connectivity index (χ0v) is 15.0. The number of furan rings is 1. The Morgan fingerprint density at radius 3 is 2.88 bits per heavy atom. The van der Waals surface area contributed by atoms with Gasteiger partial charge in [0.1, 0.15) is 15.8 Å². The maximum atomic E-state index is 12.3. The Bertz CT molecular complexity index is 885. The average molecular weight is 373 g/mol. The molecule has 0 unspecified atom stereocenters. The third-order valence-corrected chi connectivity index (χ3v) is 4.99. The van der Waals surface area contributed by atoms with E-state index in [1.165, 1.54) is 17.8 Å². The van der Waals surface area contributed by atoms with Gasteiger partial charge in [0.2, 0.25) is 0 Å². The van der Waals surface area contributed by atoms with E-state index in [4.69, 9.17) is 21.7 Å². The summed E-state index contributed by atoms with van der Waals surface area (Å²) in [5, 5.41) is 9.08. The second-order valence-electron chi connectivity index (χ2n) is 5.42. The van der Waals surface area contributed by atoms with Gasteiger partial charge in [-0.25, -0.2) is 4.79 Å². The number of hydrogen-bond donors (Lipinski definition) is 1. The number of rotatable bonds is 5. The van der Waals surface area contributed by atoms with E-state index in [1.807, 2.05) is 6.92 Å². The Morgan fingerprint density at radius 1 is 1.36 bits per heavy atom. The lowest BCUT2D eigenvalue weighted by molar-refractivity contribution is -0.122. The summed E-state index contributed by atoms with van der Waals surface area (Å²) in [5.74, 6) is -0.0398. The van der Waals surface area contributed by atoms with Gasteiger partial charge in [0.05, 0.1) is 10.5 Å². The molecule has 7 heteroatoms. The summed E-state index contributed by atoms with van der Waals surface area (Å²) >= 11 is 6.50. The van der Waals surface area contributed by atoms with Gasteiger partial charge in [0.25, 0.3) is 5.91 Å². The van der Waals surface area contributed by atoms with Gasteiger partial charge in [-0.05, 0) is 30.7 Å². The molecular weight excluding hydrogens is 358 g/mol. The molecule has 0 bridgehead atoms. The zero-order valence-electron chi connectivity index (χ0n) is 13.4. The summed E-state index contributed by atoms with van der Waals surface area (Å²) in [6, 6.07) is 10.0. The fourth-order valence-electron chi connectivity index (χ4n) is 2.44. The van der Waals surface area contributed by atoms with Gasteiger partial charge in [0.15, 0.2) is 0 Å². The number of carboxylic acids is 1. The lowest BCUT2D eigenvalue weighted by Crippen LogP contribution is -2.28. The van der Waals surface area contributed by atoms with Crippen LogP contribution in [0, 0.1) is 0 Å². The smallest absolute Gasteiger partial charge is 0.335 e. The van der Waals surface area contributed by atoms with Gasteiger partial charge in [-0.1, -0.05) is 43.0 Å². The van der Waals surface area contributed by atoms with Crippen LogP contribution in [0.25, 0.3) is 17.4 Å². The first-order chi connectivity index (χ1) is 12.0. The van der Waals surface area contributed by atoms with E-state index < -0.39 is 5.97 Å². The fourth-order valence-corrected chi connectivity index (χ4v) is 3.73. The number of carboxylic acid groups (broad SMARTS) is 1. The van der Waals surface area contributed by atoms with Crippen molar-refractivity contribution in [3.05, 3.63) is 52.6 Å². The molecule has 128 valence electrons. The number of hydrogen-bond acceptors (Lipinski definition) is 5. The average Bonchev–Trinajstić information content (AvgIpc) is 3.16. The van der Waals surface area contributed by atoms with Gasteiger partial charge >= 0.3 is 5.97 Å². The van der Waals surface area contributed by atoms with Gasteiger partial charge in [-0.3, -0.25) is 9.69 Å². The molecule has 2 heterocycles. The molecule has 2 aromatic rings. The summed E-state index contributed by atoms with van der Waals surface area (Å²) in [5.41, 5.74) is 0.856. The van der Waals surface area contributed by atoms with Crippen LogP contribution in [0.2, 0.25) is 0 Å². The minimum atomic E-state index is -0.992. The van der Waals surface area contributed by atoms with Crippen molar-refractivity contribution in [2.45, 2.75) is 13.3 Å². The molecule has 1 amide bonds. The summed E-state index contributed by atoms with van der Waals surface area (Å²) in [6.45, 7) is 2.60. The lowest BCUT2D eigenvalue weighted by Gasteiger charge is -2.11. The van der Waals surface area contributed by atoms with E-state index in [1.54, 1.807) is 41.3 Å². The van der Waals surface area contributed by atoms with Crippen molar-refractivity contribution in [1.29, 1.82) is 0 Å². The second-order valence-corrected chi connectivity index (χ2v) is 7.10. The predicted molar refractivity (Wildman–Crippen MR) is 101 cm³/mol. The summed E-state index contributed by atoms with van der Waals surface area (Å²) in [4.78, 5) is 25.5. The molecule has 0 radical (unpaired) electrons. The number of amides is 1. The third-order valence-electron chi connectivity index (χ3n) is 3.61. The molecule has 1 aromatic heterocycles. The summed E-state index contributed by atoms with van der Waals surface area (Å²) < 4.78 is 6.30. The molecule has 5 nitrogen and oxygen atoms in total. The van der Waals surface area contributed by atoms with E-state index in [0.29, 0.717) is 32.9 Å². The van der Waals surface area contributed by atoms with Crippen LogP contribution >= 0.6 is 24.0 Å². The first-order valence-corrected chi connectivity index (χ1v) is 8.91. The summed E-state index contributed by atoms with van der Waals surface area (Å²) in [7, 11) is 0. The number of aromatic carboxylic acids is 1. The molecule has 0 spiro atoms. The highest BCUT2D eigenvalue weighted by Gasteiger charge is 2.31. The molecule has 0 atom stereocenters. The molecule has 0 aliphatic carbocycles. The number of thioether (sulfide) groups is 1. The lowest BCUT2D eigenvalue weighted by atomic mass is 10.1. The van der Waals surface area contributed by atoms with Crippen LogP contribution in [0.3, 0.4) is 0 Å². The van der Waals surface area contributed by atoms with Crippen molar-refractivity contribution in [1.82, 2.24) is 4.90 Å². The standard InChI is InChI=1S/C18H15NO4S2/c1-2-8-19-16(20)15(25-18(19)24)10-13-6-7-14(23-13)11-4-3-5-12(9-11)17(21)22/h3-7,9-10H,2,8H2,1H3,(H,21,22)/b15-10+. The van der Waals surface area contributed by atoms with Gasteiger partial charge in [-0.2, -0.15) is 0 Å². The SMILES string of the molecule is CCCN1C(=O)/C(=C\c2ccc(-c3cccc(C(=O)O)c3)o2)SC1=S. The van der Waals surface area contributed by atoms with Crippen molar-refractivity contribution in [3.8, 4) is 11.3 Å². The van der Waals surface area contributed by atoms with Crippen LogP contribution in [0.5, 0.6) is 0 Å². The Kier molecular flexibility index (Phi) is 5.06. The number of nitrogens with zero attached hydrogens (tertiary/aromatic N) is 1. The van der Waals surface area contributed by atoms with Crippen molar-refractivity contribution < 1.29 is 19.1 Å². The maximum Gasteiger partial charge on any atom is 0.335 e. The van der Waals surface area contributed by atoms with Gasteiger partial charge in [-0.15, -0.1) is 0 Å². The number of thiocarbonyl (C=S) groups is 1. The molecule has 1 fully saturated rings. The third kappa shape index (κ3) is 3.67. The molecule has 1 saturated heterocycles. The van der Waals surface area contributed by atoms with Crippen LogP contribution in [-0.4, -0.2) is 32.7 Å². The highest BCUT2D eigenvalue weighted by atomic mass is 32.2. The first-order valence-electron chi connectivity index (χ1n) is 7.68. The number of carbonyl (C=O) groups is 2. The number of benzene rings is 1. The minimum Gasteiger partial charge on any atom is -0.478 e. The van der Waals surface area contributed by atoms with Crippen LogP contribution in [-0.2, 0) is 4.79 Å². The summed E-state index contributed by atoms with van der Waals surface area (Å²) in [6.07, 6.45) is 2.50. The van der Waals surface area contributed by atoms with Crippen molar-refractivity contribution in [2.75, 3.05) is 6.54 Å². The second kappa shape index (κ2) is 7.25. The van der Waals surface area contributed by atoms with Crippen LogP contribution in [0.1, 0.15) is 29.5 Å². The zero-order chi connectivity index (χ0) is 18.0. The molecule has 1 N–H and O–H groups in total. The Hall–Kier alpha value is -2.38. The van der Waals surface area contributed by atoms with Gasteiger partial charge in [0, 0.05) is 18.2 Å². The maximum absolute atomic E-state index is 12.3. The Morgan fingerprint density at radius 2 is 2.16 bits per heavy atom. The molecule has 3 rings (SSSR count). The van der Waals surface area contributed by atoms with E-state index in [9.17, 15) is 9.59 Å². The molecule has 0 saturated carbocycles. The van der Waals surface area contributed by atoms with Crippen LogP contribution < -0.4 is 0 Å². The highest BCUT2D eigenvalue weighted by molar-refractivity contribution is 8.26. The van der Waals surface area contributed by atoms with E-state index in [2.05, 4.69) is 0 Å². The molecule has 1 aliphatic heterocycles. The highest BCUT2D eigenvalue weighted by Crippen LogP contribution is 2.33. The molecule has 25 heavy (non-hydrogen) atoms. The van der Waals surface area contributed by atoms with Crippen LogP contribution in [0.15, 0.2) is 45.7 Å². The first kappa shape index (κ1) is 17.4. The predicted octanol–water partition coefficient (Wildman–Crippen LogP) is 4.26. The monoisotopic (exact) mass is 373 g/mol. The van der Waals surface area contributed by atoms with Crippen LogP contribution in [0.4, 0.5) is 0 Å². The van der Waals surface area contributed by atoms with Crippen molar-refractivity contribution in [3.63, 3.8) is 0 Å². The van der Waals surface area contributed by atoms with Crippen molar-refractivity contribution >= 4 is 46.3 Å². The van der Waals surface area contributed by atoms with E-state index >= 15 is 0 Å². The van der Waals surface area contributed by atoms with E-state index in [-0.39, 0.29) is 11.5 Å². The molecule has 1 aromatic carbocycles. The molecular formula is C18H15NO4S2. The molecule has 1 aliphatic rings. The van der Waals surface area contributed by atoms with Crippen molar-refractivity contribution in [2.24, 2.45) is 0 Å².